The molecule has 1 saturated heterocycles. The van der Waals surface area contributed by atoms with Crippen LogP contribution in [0, 0.1) is 11.8 Å². The van der Waals surface area contributed by atoms with E-state index in [1.54, 1.807) is 35.2 Å². The van der Waals surface area contributed by atoms with Gasteiger partial charge in [-0.2, -0.15) is 4.31 Å². The third-order valence-corrected chi connectivity index (χ3v) is 7.56. The third-order valence-electron chi connectivity index (χ3n) is 5.66. The summed E-state index contributed by atoms with van der Waals surface area (Å²) in [5.41, 5.74) is 2.42. The molecule has 7 nitrogen and oxygen atoms in total. The van der Waals surface area contributed by atoms with E-state index in [0.29, 0.717) is 18.8 Å². The molecule has 8 heteroatoms. The zero-order chi connectivity index (χ0) is 24.8. The number of sulfonamides is 1. The number of hydrogen-bond acceptors (Lipinski definition) is 4. The first kappa shape index (κ1) is 24.2. The van der Waals surface area contributed by atoms with Gasteiger partial charge in [0.05, 0.1) is 4.90 Å². The first-order valence-corrected chi connectivity index (χ1v) is 12.6. The molecule has 1 heterocycles. The lowest BCUT2D eigenvalue weighted by Crippen LogP contribution is -2.49. The van der Waals surface area contributed by atoms with Gasteiger partial charge >= 0.3 is 0 Å². The molecule has 0 atom stereocenters. The summed E-state index contributed by atoms with van der Waals surface area (Å²) >= 11 is 0. The van der Waals surface area contributed by atoms with Gasteiger partial charge in [-0.05, 0) is 48.5 Å². The molecule has 1 fully saturated rings. The van der Waals surface area contributed by atoms with Crippen LogP contribution in [0.2, 0.25) is 0 Å². The topological polar surface area (TPSA) is 86.8 Å². The minimum atomic E-state index is -3.78. The number of anilines is 1. The summed E-state index contributed by atoms with van der Waals surface area (Å²) in [4.78, 5) is 26.1. The fraction of sp³-hybridized carbons (Fsp3) is 0.185. The second-order valence-corrected chi connectivity index (χ2v) is 10.0. The molecule has 0 unspecified atom stereocenters. The van der Waals surface area contributed by atoms with Crippen molar-refractivity contribution in [3.63, 3.8) is 0 Å². The van der Waals surface area contributed by atoms with Crippen LogP contribution in [0.5, 0.6) is 0 Å². The zero-order valence-corrected chi connectivity index (χ0v) is 20.1. The normalized spacial score (nSPS) is 14.0. The van der Waals surface area contributed by atoms with Crippen molar-refractivity contribution < 1.29 is 18.0 Å². The smallest absolute Gasteiger partial charge is 0.255 e. The third kappa shape index (κ3) is 5.96. The van der Waals surface area contributed by atoms with Crippen molar-refractivity contribution in [1.82, 2.24) is 9.21 Å². The summed E-state index contributed by atoms with van der Waals surface area (Å²) in [6, 6.07) is 22.7. The standard InChI is InChI=1S/C27H25N3O4S/c1-21(31)29-15-17-30(18-16-29)35(33,34)26-12-6-10-24(20-26)27(32)28-25-11-5-9-23(19-25)14-13-22-7-3-2-4-8-22/h2-12,19-20H,15-18H2,1H3,(H,28,32). The average molecular weight is 488 g/mol. The number of carbonyl (C=O) groups is 2. The van der Waals surface area contributed by atoms with Crippen molar-refractivity contribution in [3.05, 3.63) is 95.6 Å². The Morgan fingerprint density at radius 2 is 1.46 bits per heavy atom. The van der Waals surface area contributed by atoms with Crippen LogP contribution in [0.4, 0.5) is 5.69 Å². The Hall–Kier alpha value is -3.93. The van der Waals surface area contributed by atoms with Gasteiger partial charge in [-0.1, -0.05) is 42.2 Å². The predicted molar refractivity (Wildman–Crippen MR) is 134 cm³/mol. The molecule has 0 bridgehead atoms. The number of benzene rings is 3. The van der Waals surface area contributed by atoms with Gasteiger partial charge in [0.15, 0.2) is 0 Å². The van der Waals surface area contributed by atoms with E-state index in [-0.39, 0.29) is 29.5 Å². The molecule has 4 rings (SSSR count). The molecule has 0 saturated carbocycles. The molecule has 35 heavy (non-hydrogen) atoms. The van der Waals surface area contributed by atoms with E-state index >= 15 is 0 Å². The van der Waals surface area contributed by atoms with E-state index in [9.17, 15) is 18.0 Å². The molecule has 1 aliphatic rings. The molecule has 1 aliphatic heterocycles. The predicted octanol–water partition coefficient (Wildman–Crippen LogP) is 3.19. The van der Waals surface area contributed by atoms with Crippen LogP contribution in [0.25, 0.3) is 0 Å². The van der Waals surface area contributed by atoms with E-state index in [4.69, 9.17) is 0 Å². The van der Waals surface area contributed by atoms with E-state index < -0.39 is 15.9 Å². The Labute approximate surface area is 205 Å². The van der Waals surface area contributed by atoms with E-state index in [1.165, 1.54) is 23.4 Å². The van der Waals surface area contributed by atoms with Crippen molar-refractivity contribution in [2.24, 2.45) is 0 Å². The molecule has 0 radical (unpaired) electrons. The Kier molecular flexibility index (Phi) is 7.30. The van der Waals surface area contributed by atoms with Crippen LogP contribution in [-0.2, 0) is 14.8 Å². The lowest BCUT2D eigenvalue weighted by molar-refractivity contribution is -0.129. The van der Waals surface area contributed by atoms with Crippen molar-refractivity contribution in [3.8, 4) is 11.8 Å². The molecule has 1 N–H and O–H groups in total. The number of hydrogen-bond donors (Lipinski definition) is 1. The fourth-order valence-corrected chi connectivity index (χ4v) is 5.20. The fourth-order valence-electron chi connectivity index (χ4n) is 3.73. The van der Waals surface area contributed by atoms with Crippen LogP contribution >= 0.6 is 0 Å². The first-order chi connectivity index (χ1) is 16.8. The van der Waals surface area contributed by atoms with Crippen molar-refractivity contribution in [2.75, 3.05) is 31.5 Å². The minimum absolute atomic E-state index is 0.0453. The number of nitrogens with zero attached hydrogens (tertiary/aromatic N) is 2. The van der Waals surface area contributed by atoms with Crippen molar-refractivity contribution in [1.29, 1.82) is 0 Å². The number of rotatable bonds is 4. The van der Waals surface area contributed by atoms with E-state index in [1.807, 2.05) is 36.4 Å². The summed E-state index contributed by atoms with van der Waals surface area (Å²) < 4.78 is 27.6. The van der Waals surface area contributed by atoms with Crippen LogP contribution in [0.15, 0.2) is 83.8 Å². The largest absolute Gasteiger partial charge is 0.340 e. The van der Waals surface area contributed by atoms with Gasteiger partial charge in [0.2, 0.25) is 15.9 Å². The van der Waals surface area contributed by atoms with Gasteiger partial charge < -0.3 is 10.2 Å². The number of carbonyl (C=O) groups excluding carboxylic acids is 2. The summed E-state index contributed by atoms with van der Waals surface area (Å²) in [5, 5.41) is 2.81. The summed E-state index contributed by atoms with van der Waals surface area (Å²) in [6.45, 7) is 2.60. The molecule has 0 aliphatic carbocycles. The summed E-state index contributed by atoms with van der Waals surface area (Å²) in [6.07, 6.45) is 0. The second kappa shape index (κ2) is 10.6. The molecule has 3 aromatic rings. The molecular formula is C27H25N3O4S. The van der Waals surface area contributed by atoms with Crippen molar-refractivity contribution in [2.45, 2.75) is 11.8 Å². The van der Waals surface area contributed by atoms with Gasteiger partial charge in [0, 0.05) is 55.5 Å². The molecule has 178 valence electrons. The molecular weight excluding hydrogens is 462 g/mol. The summed E-state index contributed by atoms with van der Waals surface area (Å²) in [5.74, 6) is 5.67. The minimum Gasteiger partial charge on any atom is -0.340 e. The Morgan fingerprint density at radius 3 is 2.17 bits per heavy atom. The number of amides is 2. The van der Waals surface area contributed by atoms with Gasteiger partial charge in [-0.3, -0.25) is 9.59 Å². The van der Waals surface area contributed by atoms with Crippen molar-refractivity contribution >= 4 is 27.5 Å². The number of piperazine rings is 1. The highest BCUT2D eigenvalue weighted by molar-refractivity contribution is 7.89. The highest BCUT2D eigenvalue weighted by Crippen LogP contribution is 2.20. The van der Waals surface area contributed by atoms with Crippen LogP contribution in [0.3, 0.4) is 0 Å². The lowest BCUT2D eigenvalue weighted by atomic mass is 10.1. The van der Waals surface area contributed by atoms with Crippen LogP contribution in [0.1, 0.15) is 28.4 Å². The maximum atomic E-state index is 13.1. The van der Waals surface area contributed by atoms with Gasteiger partial charge in [-0.15, -0.1) is 0 Å². The Morgan fingerprint density at radius 1 is 0.800 bits per heavy atom. The molecule has 2 amide bonds. The number of nitrogens with one attached hydrogen (secondary N) is 1. The highest BCUT2D eigenvalue weighted by Gasteiger charge is 2.29. The lowest BCUT2D eigenvalue weighted by Gasteiger charge is -2.33. The quantitative estimate of drug-likeness (QED) is 0.573. The van der Waals surface area contributed by atoms with Gasteiger partial charge in [-0.25, -0.2) is 8.42 Å². The molecule has 0 aromatic heterocycles. The maximum absolute atomic E-state index is 13.1. The van der Waals surface area contributed by atoms with Crippen LogP contribution in [-0.4, -0.2) is 55.6 Å². The maximum Gasteiger partial charge on any atom is 0.255 e. The monoisotopic (exact) mass is 487 g/mol. The van der Waals surface area contributed by atoms with Gasteiger partial charge in [0.25, 0.3) is 5.91 Å². The van der Waals surface area contributed by atoms with E-state index in [0.717, 1.165) is 11.1 Å². The van der Waals surface area contributed by atoms with E-state index in [2.05, 4.69) is 17.2 Å². The second-order valence-electron chi connectivity index (χ2n) is 8.09. The SMILES string of the molecule is CC(=O)N1CCN(S(=O)(=O)c2cccc(C(=O)Nc3cccc(C#Cc4ccccc4)c3)c2)CC1. The first-order valence-electron chi connectivity index (χ1n) is 11.2. The highest BCUT2D eigenvalue weighted by atomic mass is 32.2. The Bertz CT molecular complexity index is 1400. The Balaban J connectivity index is 1.47. The molecule has 0 spiro atoms. The zero-order valence-electron chi connectivity index (χ0n) is 19.3. The molecule has 3 aromatic carbocycles. The average Bonchev–Trinajstić information content (AvgIpc) is 2.88. The summed E-state index contributed by atoms with van der Waals surface area (Å²) in [7, 11) is -3.78. The van der Waals surface area contributed by atoms with Gasteiger partial charge in [0.1, 0.15) is 0 Å². The van der Waals surface area contributed by atoms with Crippen LogP contribution < -0.4 is 5.32 Å².